The van der Waals surface area contributed by atoms with Gasteiger partial charge in [0.15, 0.2) is 11.5 Å². The number of benzene rings is 1. The highest BCUT2D eigenvalue weighted by molar-refractivity contribution is 7.19. The number of aryl methyl sites for hydroxylation is 1. The number of fused-ring (bicyclic) bond motifs is 1. The molecule has 0 aliphatic carbocycles. The van der Waals surface area contributed by atoms with E-state index in [2.05, 4.69) is 20.3 Å². The molecule has 9 heteroatoms. The minimum Gasteiger partial charge on any atom is -0.477 e. The Morgan fingerprint density at radius 3 is 2.93 bits per heavy atom. The van der Waals surface area contributed by atoms with E-state index in [4.69, 9.17) is 9.72 Å². The number of nitrogens with zero attached hydrogens (tertiary/aromatic N) is 5. The van der Waals surface area contributed by atoms with E-state index in [1.54, 1.807) is 11.3 Å². The standard InChI is InChI=1S/C18H14N6OS2/c1-11-13(17-24(23-11)7-8-26-17)16-21-14(15-19-10-20-22-15)18(27-16)25-9-12-5-3-2-4-6-12/h2-8,10H,9H2,1H3,(H,19,20,22). The first-order valence-corrected chi connectivity index (χ1v) is 9.95. The third-order valence-electron chi connectivity index (χ3n) is 4.09. The van der Waals surface area contributed by atoms with Gasteiger partial charge in [-0.3, -0.25) is 5.10 Å². The van der Waals surface area contributed by atoms with Gasteiger partial charge in [-0.15, -0.1) is 11.3 Å². The van der Waals surface area contributed by atoms with Gasteiger partial charge < -0.3 is 4.74 Å². The van der Waals surface area contributed by atoms with Gasteiger partial charge in [0, 0.05) is 11.6 Å². The number of nitrogens with one attached hydrogen (secondary N) is 1. The van der Waals surface area contributed by atoms with Crippen LogP contribution in [0.3, 0.4) is 0 Å². The van der Waals surface area contributed by atoms with Crippen molar-refractivity contribution in [3.63, 3.8) is 0 Å². The molecule has 0 saturated carbocycles. The Bertz CT molecular complexity index is 1190. The van der Waals surface area contributed by atoms with Gasteiger partial charge in [-0.25, -0.2) is 14.5 Å². The Morgan fingerprint density at radius 1 is 1.22 bits per heavy atom. The molecular weight excluding hydrogens is 380 g/mol. The van der Waals surface area contributed by atoms with Crippen LogP contribution in [0.4, 0.5) is 0 Å². The van der Waals surface area contributed by atoms with E-state index in [0.717, 1.165) is 26.7 Å². The van der Waals surface area contributed by atoms with Crippen molar-refractivity contribution < 1.29 is 4.74 Å². The lowest BCUT2D eigenvalue weighted by atomic mass is 10.2. The Hall–Kier alpha value is -3.04. The van der Waals surface area contributed by atoms with Crippen molar-refractivity contribution >= 4 is 27.5 Å². The number of aromatic amines is 1. The summed E-state index contributed by atoms with van der Waals surface area (Å²) in [5, 5.41) is 15.0. The fourth-order valence-corrected chi connectivity index (χ4v) is 4.80. The van der Waals surface area contributed by atoms with Crippen molar-refractivity contribution in [3.05, 3.63) is 59.5 Å². The van der Waals surface area contributed by atoms with E-state index in [0.29, 0.717) is 23.2 Å². The normalized spacial score (nSPS) is 11.3. The average molecular weight is 394 g/mol. The molecule has 0 radical (unpaired) electrons. The summed E-state index contributed by atoms with van der Waals surface area (Å²) < 4.78 is 7.99. The molecular formula is C18H14N6OS2. The second-order valence-electron chi connectivity index (χ2n) is 5.88. The van der Waals surface area contributed by atoms with Gasteiger partial charge in [0.05, 0.1) is 11.3 Å². The maximum atomic E-state index is 6.10. The van der Waals surface area contributed by atoms with Gasteiger partial charge >= 0.3 is 0 Å². The highest BCUT2D eigenvalue weighted by atomic mass is 32.1. The highest BCUT2D eigenvalue weighted by Gasteiger charge is 2.22. The number of hydrogen-bond acceptors (Lipinski definition) is 7. The monoisotopic (exact) mass is 394 g/mol. The molecule has 0 unspecified atom stereocenters. The van der Waals surface area contributed by atoms with Crippen molar-refractivity contribution in [3.8, 4) is 27.2 Å². The SMILES string of the molecule is Cc1nn2ccsc2c1-c1nc(-c2ncn[nH]2)c(OCc2ccccc2)s1. The zero-order valence-corrected chi connectivity index (χ0v) is 15.9. The van der Waals surface area contributed by atoms with E-state index in [1.165, 1.54) is 17.7 Å². The Kier molecular flexibility index (Phi) is 3.95. The Morgan fingerprint density at radius 2 is 2.11 bits per heavy atom. The van der Waals surface area contributed by atoms with Crippen molar-refractivity contribution in [2.24, 2.45) is 0 Å². The van der Waals surface area contributed by atoms with Gasteiger partial charge in [-0.1, -0.05) is 41.7 Å². The molecule has 4 heterocycles. The second kappa shape index (κ2) is 6.60. The molecule has 27 heavy (non-hydrogen) atoms. The van der Waals surface area contributed by atoms with E-state index in [-0.39, 0.29) is 0 Å². The Labute approximate surface area is 162 Å². The summed E-state index contributed by atoms with van der Waals surface area (Å²) in [5.41, 5.74) is 3.73. The third-order valence-corrected chi connectivity index (χ3v) is 5.94. The maximum Gasteiger partial charge on any atom is 0.206 e. The van der Waals surface area contributed by atoms with Crippen LogP contribution in [0.25, 0.3) is 26.9 Å². The molecule has 0 saturated heterocycles. The van der Waals surface area contributed by atoms with Gasteiger partial charge in [-0.05, 0) is 12.5 Å². The number of H-pyrrole nitrogens is 1. The van der Waals surface area contributed by atoms with Gasteiger partial charge in [0.1, 0.15) is 22.8 Å². The first kappa shape index (κ1) is 16.2. The van der Waals surface area contributed by atoms with E-state index in [1.807, 2.05) is 53.3 Å². The van der Waals surface area contributed by atoms with Crippen LogP contribution in [-0.4, -0.2) is 29.8 Å². The zero-order valence-electron chi connectivity index (χ0n) is 14.3. The Balaban J connectivity index is 1.57. The molecule has 1 aromatic carbocycles. The summed E-state index contributed by atoms with van der Waals surface area (Å²) in [6, 6.07) is 10.1. The van der Waals surface area contributed by atoms with Crippen LogP contribution in [0.5, 0.6) is 5.06 Å². The molecule has 1 N–H and O–H groups in total. The summed E-state index contributed by atoms with van der Waals surface area (Å²) in [7, 11) is 0. The molecule has 0 aliphatic heterocycles. The molecule has 0 atom stereocenters. The van der Waals surface area contributed by atoms with Crippen molar-refractivity contribution in [2.75, 3.05) is 0 Å². The van der Waals surface area contributed by atoms with Gasteiger partial charge in [0.25, 0.3) is 0 Å². The van der Waals surface area contributed by atoms with Gasteiger partial charge in [-0.2, -0.15) is 10.2 Å². The fraction of sp³-hybridized carbons (Fsp3) is 0.111. The molecule has 0 amide bonds. The second-order valence-corrected chi connectivity index (χ2v) is 7.73. The van der Waals surface area contributed by atoms with E-state index >= 15 is 0 Å². The third kappa shape index (κ3) is 2.90. The van der Waals surface area contributed by atoms with Crippen molar-refractivity contribution in [1.29, 1.82) is 0 Å². The van der Waals surface area contributed by atoms with Crippen LogP contribution in [-0.2, 0) is 6.61 Å². The largest absolute Gasteiger partial charge is 0.477 e. The average Bonchev–Trinajstić information content (AvgIpc) is 3.44. The summed E-state index contributed by atoms with van der Waals surface area (Å²) >= 11 is 3.14. The summed E-state index contributed by atoms with van der Waals surface area (Å²) in [4.78, 5) is 10.1. The molecule has 0 bridgehead atoms. The molecule has 7 nitrogen and oxygen atoms in total. The van der Waals surface area contributed by atoms with Crippen LogP contribution in [0, 0.1) is 6.92 Å². The van der Waals surface area contributed by atoms with Crippen LogP contribution in [0.1, 0.15) is 11.3 Å². The first-order chi connectivity index (χ1) is 13.3. The minimum absolute atomic E-state index is 0.463. The molecule has 5 aromatic rings. The molecule has 0 fully saturated rings. The lowest BCUT2D eigenvalue weighted by Crippen LogP contribution is -1.95. The molecule has 4 aromatic heterocycles. The van der Waals surface area contributed by atoms with Crippen LogP contribution in [0.2, 0.25) is 0 Å². The number of hydrogen-bond donors (Lipinski definition) is 1. The lowest BCUT2D eigenvalue weighted by molar-refractivity contribution is 0.316. The van der Waals surface area contributed by atoms with Crippen LogP contribution in [0.15, 0.2) is 48.2 Å². The van der Waals surface area contributed by atoms with Crippen molar-refractivity contribution in [1.82, 2.24) is 29.8 Å². The van der Waals surface area contributed by atoms with Crippen molar-refractivity contribution in [2.45, 2.75) is 13.5 Å². The minimum atomic E-state index is 0.463. The molecule has 134 valence electrons. The smallest absolute Gasteiger partial charge is 0.206 e. The fourth-order valence-electron chi connectivity index (χ4n) is 2.84. The quantitative estimate of drug-likeness (QED) is 0.483. The lowest BCUT2D eigenvalue weighted by Gasteiger charge is -2.04. The predicted octanol–water partition coefficient (Wildman–Crippen LogP) is 4.19. The molecule has 0 spiro atoms. The number of thiazole rings is 2. The summed E-state index contributed by atoms with van der Waals surface area (Å²) in [5.74, 6) is 0.591. The zero-order chi connectivity index (χ0) is 18.2. The number of aromatic nitrogens is 6. The topological polar surface area (TPSA) is 81.0 Å². The number of ether oxygens (including phenoxy) is 1. The summed E-state index contributed by atoms with van der Waals surface area (Å²) in [6.45, 7) is 2.46. The van der Waals surface area contributed by atoms with Crippen LogP contribution >= 0.6 is 22.7 Å². The van der Waals surface area contributed by atoms with E-state index < -0.39 is 0 Å². The predicted molar refractivity (Wildman–Crippen MR) is 105 cm³/mol. The maximum absolute atomic E-state index is 6.10. The molecule has 0 aliphatic rings. The highest BCUT2D eigenvalue weighted by Crippen LogP contribution is 2.42. The summed E-state index contributed by atoms with van der Waals surface area (Å²) in [6.07, 6.45) is 3.42. The molecule has 5 rings (SSSR count). The number of rotatable bonds is 5. The van der Waals surface area contributed by atoms with Crippen LogP contribution < -0.4 is 4.74 Å². The van der Waals surface area contributed by atoms with E-state index in [9.17, 15) is 0 Å². The first-order valence-electron chi connectivity index (χ1n) is 8.25. The van der Waals surface area contributed by atoms with Gasteiger partial charge in [0.2, 0.25) is 5.06 Å².